The number of aliphatic hydroxyl groups excluding tert-OH is 1. The topological polar surface area (TPSA) is 58.6 Å². The second kappa shape index (κ2) is 7.84. The molecule has 0 heterocycles. The molecule has 0 spiro atoms. The predicted octanol–water partition coefficient (Wildman–Crippen LogP) is 2.53. The number of hydrogen-bond acceptors (Lipinski definition) is 3. The van der Waals surface area contributed by atoms with E-state index in [0.29, 0.717) is 24.6 Å². The summed E-state index contributed by atoms with van der Waals surface area (Å²) >= 11 is 0. The molecule has 2 rings (SSSR count). The molecule has 1 aromatic rings. The Morgan fingerprint density at radius 1 is 1.38 bits per heavy atom. The Morgan fingerprint density at radius 3 is 2.81 bits per heavy atom. The van der Waals surface area contributed by atoms with Gasteiger partial charge in [0.25, 0.3) is 5.91 Å². The van der Waals surface area contributed by atoms with Crippen LogP contribution in [-0.4, -0.2) is 30.3 Å². The number of rotatable bonds is 6. The van der Waals surface area contributed by atoms with E-state index in [-0.39, 0.29) is 12.0 Å². The summed E-state index contributed by atoms with van der Waals surface area (Å²) in [5.41, 5.74) is 0.623. The van der Waals surface area contributed by atoms with Crippen LogP contribution in [0, 0.1) is 5.92 Å². The second-order valence-electron chi connectivity index (χ2n) is 5.52. The smallest absolute Gasteiger partial charge is 0.251 e. The van der Waals surface area contributed by atoms with Gasteiger partial charge in [0.05, 0.1) is 6.10 Å². The molecule has 1 saturated carbocycles. The van der Waals surface area contributed by atoms with Crippen LogP contribution in [-0.2, 0) is 0 Å². The summed E-state index contributed by atoms with van der Waals surface area (Å²) in [6.45, 7) is 4.67. The minimum atomic E-state index is -0.207. The highest BCUT2D eigenvalue weighted by atomic mass is 16.5. The van der Waals surface area contributed by atoms with E-state index in [9.17, 15) is 9.90 Å². The lowest BCUT2D eigenvalue weighted by Gasteiger charge is -2.25. The van der Waals surface area contributed by atoms with E-state index in [2.05, 4.69) is 11.9 Å². The summed E-state index contributed by atoms with van der Waals surface area (Å²) in [5.74, 6) is 1.03. The van der Waals surface area contributed by atoms with E-state index in [1.807, 2.05) is 0 Å². The molecule has 1 fully saturated rings. The standard InChI is InChI=1S/C17H23NO3/c1-2-10-21-16-8-6-14(7-9-16)17(20)18-12-13-4-3-5-15(19)11-13/h2,6-9,13,15,19H,1,3-5,10-12H2,(H,18,20). The van der Waals surface area contributed by atoms with Crippen molar-refractivity contribution in [3.05, 3.63) is 42.5 Å². The van der Waals surface area contributed by atoms with Crippen molar-refractivity contribution in [2.45, 2.75) is 31.8 Å². The average molecular weight is 289 g/mol. The molecular weight excluding hydrogens is 266 g/mol. The number of amides is 1. The number of hydrogen-bond donors (Lipinski definition) is 2. The normalized spacial score (nSPS) is 21.6. The van der Waals surface area contributed by atoms with Crippen molar-refractivity contribution in [3.8, 4) is 5.75 Å². The highest BCUT2D eigenvalue weighted by Crippen LogP contribution is 2.23. The Labute approximate surface area is 125 Å². The van der Waals surface area contributed by atoms with E-state index in [4.69, 9.17) is 4.74 Å². The Bertz CT molecular complexity index is 469. The summed E-state index contributed by atoms with van der Waals surface area (Å²) < 4.78 is 5.38. The molecule has 0 aliphatic heterocycles. The van der Waals surface area contributed by atoms with Gasteiger partial charge >= 0.3 is 0 Å². The van der Waals surface area contributed by atoms with Gasteiger partial charge in [-0.05, 0) is 49.4 Å². The molecule has 2 atom stereocenters. The van der Waals surface area contributed by atoms with Crippen molar-refractivity contribution in [2.75, 3.05) is 13.2 Å². The van der Waals surface area contributed by atoms with Crippen LogP contribution in [0.15, 0.2) is 36.9 Å². The van der Waals surface area contributed by atoms with Crippen LogP contribution >= 0.6 is 0 Å². The van der Waals surface area contributed by atoms with Crippen LogP contribution < -0.4 is 10.1 Å². The van der Waals surface area contributed by atoms with Gasteiger partial charge in [0.15, 0.2) is 0 Å². The van der Waals surface area contributed by atoms with Crippen molar-refractivity contribution in [1.29, 1.82) is 0 Å². The highest BCUT2D eigenvalue weighted by molar-refractivity contribution is 5.94. The number of carbonyl (C=O) groups excluding carboxylic acids is 1. The molecule has 2 unspecified atom stereocenters. The fraction of sp³-hybridized carbons (Fsp3) is 0.471. The van der Waals surface area contributed by atoms with E-state index in [1.54, 1.807) is 30.3 Å². The maximum Gasteiger partial charge on any atom is 0.251 e. The van der Waals surface area contributed by atoms with E-state index >= 15 is 0 Å². The lowest BCUT2D eigenvalue weighted by atomic mass is 9.87. The van der Waals surface area contributed by atoms with E-state index in [0.717, 1.165) is 31.4 Å². The van der Waals surface area contributed by atoms with Crippen molar-refractivity contribution in [1.82, 2.24) is 5.32 Å². The van der Waals surface area contributed by atoms with Gasteiger partial charge in [-0.15, -0.1) is 0 Å². The molecule has 4 heteroatoms. The van der Waals surface area contributed by atoms with Crippen molar-refractivity contribution in [3.63, 3.8) is 0 Å². The zero-order valence-corrected chi connectivity index (χ0v) is 12.3. The van der Waals surface area contributed by atoms with Gasteiger partial charge in [-0.3, -0.25) is 4.79 Å². The third kappa shape index (κ3) is 4.90. The molecule has 1 aromatic carbocycles. The third-order valence-electron chi connectivity index (χ3n) is 3.79. The van der Waals surface area contributed by atoms with Gasteiger partial charge in [-0.25, -0.2) is 0 Å². The maximum absolute atomic E-state index is 12.1. The number of aliphatic hydroxyl groups is 1. The molecule has 1 amide bonds. The number of nitrogens with one attached hydrogen (secondary N) is 1. The Balaban J connectivity index is 1.81. The zero-order chi connectivity index (χ0) is 15.1. The molecule has 2 N–H and O–H groups in total. The minimum Gasteiger partial charge on any atom is -0.490 e. The Morgan fingerprint density at radius 2 is 2.14 bits per heavy atom. The quantitative estimate of drug-likeness (QED) is 0.791. The van der Waals surface area contributed by atoms with Crippen molar-refractivity contribution in [2.24, 2.45) is 5.92 Å². The number of carbonyl (C=O) groups is 1. The van der Waals surface area contributed by atoms with Gasteiger partial charge in [-0.2, -0.15) is 0 Å². The molecule has 114 valence electrons. The molecule has 0 radical (unpaired) electrons. The van der Waals surface area contributed by atoms with Crippen LogP contribution in [0.1, 0.15) is 36.0 Å². The van der Waals surface area contributed by atoms with Crippen LogP contribution in [0.5, 0.6) is 5.75 Å². The number of benzene rings is 1. The maximum atomic E-state index is 12.1. The van der Waals surface area contributed by atoms with Gasteiger partial charge in [-0.1, -0.05) is 19.1 Å². The van der Waals surface area contributed by atoms with Gasteiger partial charge in [0, 0.05) is 12.1 Å². The molecule has 0 saturated heterocycles. The van der Waals surface area contributed by atoms with Crippen molar-refractivity contribution >= 4 is 5.91 Å². The fourth-order valence-corrected chi connectivity index (χ4v) is 2.64. The lowest BCUT2D eigenvalue weighted by Crippen LogP contribution is -2.32. The minimum absolute atomic E-state index is 0.0784. The largest absolute Gasteiger partial charge is 0.490 e. The van der Waals surface area contributed by atoms with Crippen molar-refractivity contribution < 1.29 is 14.6 Å². The monoisotopic (exact) mass is 289 g/mol. The van der Waals surface area contributed by atoms with Gasteiger partial charge in [0.1, 0.15) is 12.4 Å². The first kappa shape index (κ1) is 15.6. The zero-order valence-electron chi connectivity index (χ0n) is 12.3. The van der Waals surface area contributed by atoms with Crippen LogP contribution in [0.25, 0.3) is 0 Å². The Hall–Kier alpha value is -1.81. The molecule has 1 aliphatic carbocycles. The van der Waals surface area contributed by atoms with E-state index < -0.39 is 0 Å². The molecule has 1 aliphatic rings. The first-order chi connectivity index (χ1) is 10.2. The number of ether oxygens (including phenoxy) is 1. The lowest BCUT2D eigenvalue weighted by molar-refractivity contribution is 0.0874. The van der Waals surface area contributed by atoms with Gasteiger partial charge < -0.3 is 15.2 Å². The molecule has 0 bridgehead atoms. The SMILES string of the molecule is C=CCOc1ccc(C(=O)NCC2CCCC(O)C2)cc1. The molecular formula is C17H23NO3. The molecule has 4 nitrogen and oxygen atoms in total. The van der Waals surface area contributed by atoms with Gasteiger partial charge in [0.2, 0.25) is 0 Å². The average Bonchev–Trinajstić information content (AvgIpc) is 2.51. The summed E-state index contributed by atoms with van der Waals surface area (Å²) in [5, 5.41) is 12.6. The summed E-state index contributed by atoms with van der Waals surface area (Å²) in [6, 6.07) is 7.07. The Kier molecular flexibility index (Phi) is 5.81. The van der Waals surface area contributed by atoms with Crippen LogP contribution in [0.4, 0.5) is 0 Å². The predicted molar refractivity (Wildman–Crippen MR) is 82.4 cm³/mol. The van der Waals surface area contributed by atoms with E-state index in [1.165, 1.54) is 0 Å². The first-order valence-electron chi connectivity index (χ1n) is 7.49. The third-order valence-corrected chi connectivity index (χ3v) is 3.79. The summed E-state index contributed by atoms with van der Waals surface area (Å²) in [7, 11) is 0. The molecule has 21 heavy (non-hydrogen) atoms. The van der Waals surface area contributed by atoms with Crippen LogP contribution in [0.3, 0.4) is 0 Å². The first-order valence-corrected chi connectivity index (χ1v) is 7.49. The summed E-state index contributed by atoms with van der Waals surface area (Å²) in [6.07, 6.45) is 5.26. The second-order valence-corrected chi connectivity index (χ2v) is 5.52. The highest BCUT2D eigenvalue weighted by Gasteiger charge is 2.20. The fourth-order valence-electron chi connectivity index (χ4n) is 2.64. The van der Waals surface area contributed by atoms with Crippen LogP contribution in [0.2, 0.25) is 0 Å². The summed E-state index contributed by atoms with van der Waals surface area (Å²) in [4.78, 5) is 12.1. The molecule has 0 aromatic heterocycles.